The quantitative estimate of drug-likeness (QED) is 0.884. The summed E-state index contributed by atoms with van der Waals surface area (Å²) in [5.41, 5.74) is 5.97. The van der Waals surface area contributed by atoms with Crippen molar-refractivity contribution in [2.75, 3.05) is 0 Å². The molecule has 1 heterocycles. The molecule has 0 aliphatic carbocycles. The van der Waals surface area contributed by atoms with Gasteiger partial charge in [0.1, 0.15) is 5.82 Å². The van der Waals surface area contributed by atoms with Gasteiger partial charge >= 0.3 is 11.3 Å². The molecule has 102 valence electrons. The van der Waals surface area contributed by atoms with Crippen LogP contribution in [0.1, 0.15) is 23.3 Å². The van der Waals surface area contributed by atoms with Gasteiger partial charge in [-0.25, -0.2) is 4.39 Å². The lowest BCUT2D eigenvalue weighted by Gasteiger charge is -2.07. The molecule has 0 aliphatic rings. The van der Waals surface area contributed by atoms with Crippen molar-refractivity contribution in [3.05, 3.63) is 46.3 Å². The predicted octanol–water partition coefficient (Wildman–Crippen LogP) is 3.20. The van der Waals surface area contributed by atoms with E-state index in [0.717, 1.165) is 6.07 Å². The Morgan fingerprint density at radius 2 is 2.05 bits per heavy atom. The number of halogens is 5. The number of hydrogen-bond donors (Lipinski definition) is 1. The van der Waals surface area contributed by atoms with Crippen LogP contribution >= 0.6 is 23.2 Å². The zero-order valence-electron chi connectivity index (χ0n) is 9.08. The van der Waals surface area contributed by atoms with E-state index in [9.17, 15) is 13.2 Å². The standard InChI is InChI=1S/C10H6Cl2F3N3O/c11-5-2-1-4(3-6(5)13)7(16)8-17-9(19-18-8)10(12,14)15/h1-3,7H,16H2. The van der Waals surface area contributed by atoms with Crippen LogP contribution in [0.5, 0.6) is 0 Å². The van der Waals surface area contributed by atoms with Crippen molar-refractivity contribution >= 4 is 23.2 Å². The summed E-state index contributed by atoms with van der Waals surface area (Å²) in [5, 5.41) is -0.588. The second-order valence-electron chi connectivity index (χ2n) is 3.61. The van der Waals surface area contributed by atoms with Crippen LogP contribution in [0.3, 0.4) is 0 Å². The SMILES string of the molecule is NC(c1ccc(Cl)c(F)c1)c1noc(C(F)(F)Cl)n1. The van der Waals surface area contributed by atoms with Crippen LogP contribution in [0.2, 0.25) is 5.02 Å². The molecule has 0 saturated heterocycles. The minimum atomic E-state index is -3.78. The molecular formula is C10H6Cl2F3N3O. The topological polar surface area (TPSA) is 64.9 Å². The summed E-state index contributed by atoms with van der Waals surface area (Å²) in [4.78, 5) is 3.37. The van der Waals surface area contributed by atoms with Gasteiger partial charge in [-0.3, -0.25) is 0 Å². The van der Waals surface area contributed by atoms with Gasteiger partial charge < -0.3 is 10.3 Å². The van der Waals surface area contributed by atoms with E-state index in [-0.39, 0.29) is 16.4 Å². The van der Waals surface area contributed by atoms with Crippen molar-refractivity contribution < 1.29 is 17.7 Å². The highest BCUT2D eigenvalue weighted by Gasteiger charge is 2.36. The molecule has 0 spiro atoms. The van der Waals surface area contributed by atoms with E-state index < -0.39 is 23.1 Å². The average Bonchev–Trinajstić information content (AvgIpc) is 2.81. The zero-order chi connectivity index (χ0) is 14.2. The Labute approximate surface area is 115 Å². The first kappa shape index (κ1) is 14.1. The summed E-state index contributed by atoms with van der Waals surface area (Å²) < 4.78 is 42.9. The maximum Gasteiger partial charge on any atom is 0.400 e. The smallest absolute Gasteiger partial charge is 0.331 e. The van der Waals surface area contributed by atoms with Gasteiger partial charge in [0.15, 0.2) is 5.82 Å². The molecule has 2 aromatic rings. The molecule has 1 aromatic carbocycles. The third-order valence-electron chi connectivity index (χ3n) is 2.27. The van der Waals surface area contributed by atoms with Crippen molar-refractivity contribution in [1.29, 1.82) is 0 Å². The number of rotatable bonds is 3. The number of hydrogen-bond acceptors (Lipinski definition) is 4. The molecule has 1 unspecified atom stereocenters. The largest absolute Gasteiger partial charge is 0.400 e. The summed E-state index contributed by atoms with van der Waals surface area (Å²) in [6, 6.07) is 2.72. The Hall–Kier alpha value is -1.31. The van der Waals surface area contributed by atoms with E-state index in [4.69, 9.17) is 28.9 Å². The zero-order valence-corrected chi connectivity index (χ0v) is 10.6. The molecule has 2 rings (SSSR count). The fourth-order valence-corrected chi connectivity index (χ4v) is 1.53. The van der Waals surface area contributed by atoms with Crippen molar-refractivity contribution in [3.8, 4) is 0 Å². The van der Waals surface area contributed by atoms with Crippen molar-refractivity contribution in [1.82, 2.24) is 10.1 Å². The van der Waals surface area contributed by atoms with E-state index in [1.54, 1.807) is 0 Å². The summed E-state index contributed by atoms with van der Waals surface area (Å²) in [5.74, 6) is -2.01. The monoisotopic (exact) mass is 311 g/mol. The lowest BCUT2D eigenvalue weighted by molar-refractivity contribution is 0.0550. The maximum atomic E-state index is 13.3. The molecule has 0 bridgehead atoms. The predicted molar refractivity (Wildman–Crippen MR) is 61.5 cm³/mol. The lowest BCUT2D eigenvalue weighted by Crippen LogP contribution is -2.14. The van der Waals surface area contributed by atoms with Gasteiger partial charge in [-0.1, -0.05) is 22.8 Å². The number of aromatic nitrogens is 2. The highest BCUT2D eigenvalue weighted by Crippen LogP contribution is 2.32. The van der Waals surface area contributed by atoms with E-state index in [1.165, 1.54) is 12.1 Å². The second-order valence-corrected chi connectivity index (χ2v) is 4.49. The van der Waals surface area contributed by atoms with Crippen molar-refractivity contribution in [2.24, 2.45) is 5.73 Å². The van der Waals surface area contributed by atoms with E-state index in [0.29, 0.717) is 0 Å². The Bertz CT molecular complexity index is 600. The second kappa shape index (κ2) is 4.99. The van der Waals surface area contributed by atoms with Crippen LogP contribution in [0.15, 0.2) is 22.7 Å². The third-order valence-corrected chi connectivity index (χ3v) is 2.73. The number of nitrogens with two attached hydrogens (primary N) is 1. The van der Waals surface area contributed by atoms with Gasteiger partial charge in [-0.15, -0.1) is 0 Å². The maximum absolute atomic E-state index is 13.3. The van der Waals surface area contributed by atoms with Gasteiger partial charge in [0.25, 0.3) is 0 Å². The highest BCUT2D eigenvalue weighted by molar-refractivity contribution is 6.30. The molecule has 19 heavy (non-hydrogen) atoms. The first-order valence-corrected chi connectivity index (χ1v) is 5.66. The van der Waals surface area contributed by atoms with Gasteiger partial charge in [0.2, 0.25) is 0 Å². The number of alkyl halides is 3. The molecule has 4 nitrogen and oxygen atoms in total. The van der Waals surface area contributed by atoms with E-state index >= 15 is 0 Å². The molecule has 1 aromatic heterocycles. The molecule has 0 aliphatic heterocycles. The molecule has 0 fully saturated rings. The van der Waals surface area contributed by atoms with Gasteiger partial charge in [0, 0.05) is 0 Å². The van der Waals surface area contributed by atoms with Crippen LogP contribution in [-0.4, -0.2) is 10.1 Å². The fraction of sp³-hybridized carbons (Fsp3) is 0.200. The average molecular weight is 312 g/mol. The van der Waals surface area contributed by atoms with Gasteiger partial charge in [-0.05, 0) is 29.3 Å². The molecule has 9 heteroatoms. The Morgan fingerprint density at radius 3 is 2.58 bits per heavy atom. The molecule has 0 amide bonds. The molecular weight excluding hydrogens is 306 g/mol. The third kappa shape index (κ3) is 2.99. The first-order chi connectivity index (χ1) is 8.79. The van der Waals surface area contributed by atoms with E-state index in [1.807, 2.05) is 0 Å². The number of benzene rings is 1. The Morgan fingerprint density at radius 1 is 1.37 bits per heavy atom. The summed E-state index contributed by atoms with van der Waals surface area (Å²) in [6.45, 7) is 0. The lowest BCUT2D eigenvalue weighted by atomic mass is 10.1. The first-order valence-electron chi connectivity index (χ1n) is 4.90. The summed E-state index contributed by atoms with van der Waals surface area (Å²) >= 11 is 10.2. The molecule has 0 radical (unpaired) electrons. The van der Waals surface area contributed by atoms with Crippen LogP contribution in [0, 0.1) is 5.82 Å². The Balaban J connectivity index is 2.31. The minimum Gasteiger partial charge on any atom is -0.331 e. The van der Waals surface area contributed by atoms with E-state index in [2.05, 4.69) is 14.7 Å². The van der Waals surface area contributed by atoms with Crippen LogP contribution < -0.4 is 5.73 Å². The number of nitrogens with zero attached hydrogens (tertiary/aromatic N) is 2. The normalized spacial score (nSPS) is 13.6. The minimum absolute atomic E-state index is 0.0861. The van der Waals surface area contributed by atoms with Crippen LogP contribution in [0.4, 0.5) is 13.2 Å². The van der Waals surface area contributed by atoms with Gasteiger partial charge in [0.05, 0.1) is 11.1 Å². The molecule has 1 atom stereocenters. The van der Waals surface area contributed by atoms with Crippen LogP contribution in [-0.2, 0) is 5.38 Å². The van der Waals surface area contributed by atoms with Crippen molar-refractivity contribution in [2.45, 2.75) is 11.4 Å². The summed E-state index contributed by atoms with van der Waals surface area (Å²) in [6.07, 6.45) is 0. The van der Waals surface area contributed by atoms with Gasteiger partial charge in [-0.2, -0.15) is 13.8 Å². The molecule has 2 N–H and O–H groups in total. The van der Waals surface area contributed by atoms with Crippen LogP contribution in [0.25, 0.3) is 0 Å². The van der Waals surface area contributed by atoms with Crippen molar-refractivity contribution in [3.63, 3.8) is 0 Å². The summed E-state index contributed by atoms with van der Waals surface area (Å²) in [7, 11) is 0. The molecule has 0 saturated carbocycles. The highest BCUT2D eigenvalue weighted by atomic mass is 35.5. The Kier molecular flexibility index (Phi) is 3.71. The fourth-order valence-electron chi connectivity index (χ4n) is 1.33.